The highest BCUT2D eigenvalue weighted by molar-refractivity contribution is 5.79. The van der Waals surface area contributed by atoms with Gasteiger partial charge in [-0.2, -0.15) is 5.10 Å². The molecule has 0 aliphatic rings. The van der Waals surface area contributed by atoms with Gasteiger partial charge < -0.3 is 10.2 Å². The zero-order chi connectivity index (χ0) is 16.5. The minimum atomic E-state index is 0.711. The average Bonchev–Trinajstić information content (AvgIpc) is 3.08. The number of hydrogen-bond donors (Lipinski definition) is 1. The van der Waals surface area contributed by atoms with Crippen LogP contribution >= 0.6 is 0 Å². The van der Waals surface area contributed by atoms with E-state index in [-0.39, 0.29) is 0 Å². The molecule has 0 aliphatic carbocycles. The van der Waals surface area contributed by atoms with Gasteiger partial charge in [-0.15, -0.1) is 0 Å². The first-order valence-corrected chi connectivity index (χ1v) is 8.27. The van der Waals surface area contributed by atoms with E-state index in [1.165, 1.54) is 11.1 Å². The first kappa shape index (κ1) is 17.1. The maximum atomic E-state index is 4.69. The van der Waals surface area contributed by atoms with E-state index in [0.717, 1.165) is 32.0 Å². The Morgan fingerprint density at radius 3 is 2.57 bits per heavy atom. The van der Waals surface area contributed by atoms with Crippen molar-refractivity contribution in [3.63, 3.8) is 0 Å². The van der Waals surface area contributed by atoms with Crippen molar-refractivity contribution < 1.29 is 0 Å². The van der Waals surface area contributed by atoms with Crippen molar-refractivity contribution in [2.45, 2.75) is 33.4 Å². The number of benzene rings is 1. The second kappa shape index (κ2) is 8.98. The highest BCUT2D eigenvalue weighted by Gasteiger charge is 2.06. The van der Waals surface area contributed by atoms with Crippen molar-refractivity contribution in [3.8, 4) is 0 Å². The molecule has 1 aromatic carbocycles. The number of nitrogens with one attached hydrogen (secondary N) is 1. The molecule has 0 unspecified atom stereocenters. The zero-order valence-corrected chi connectivity index (χ0v) is 14.4. The van der Waals surface area contributed by atoms with Gasteiger partial charge in [-0.05, 0) is 30.5 Å². The molecular weight excluding hydrogens is 286 g/mol. The fourth-order valence-corrected chi connectivity index (χ4v) is 2.39. The van der Waals surface area contributed by atoms with E-state index in [2.05, 4.69) is 65.5 Å². The third kappa shape index (κ3) is 5.43. The van der Waals surface area contributed by atoms with Crippen molar-refractivity contribution in [2.24, 2.45) is 4.99 Å². The Hall–Kier alpha value is -2.30. The molecular formula is C18H27N5. The molecule has 0 amide bonds. The predicted molar refractivity (Wildman–Crippen MR) is 95.5 cm³/mol. The second-order valence-corrected chi connectivity index (χ2v) is 5.53. The van der Waals surface area contributed by atoms with Gasteiger partial charge in [0.2, 0.25) is 0 Å². The molecule has 0 atom stereocenters. The topological polar surface area (TPSA) is 45.5 Å². The van der Waals surface area contributed by atoms with Crippen LogP contribution in [0, 0.1) is 0 Å². The lowest BCUT2D eigenvalue weighted by Gasteiger charge is -2.22. The minimum Gasteiger partial charge on any atom is -0.357 e. The van der Waals surface area contributed by atoms with E-state index in [9.17, 15) is 0 Å². The molecule has 0 radical (unpaired) electrons. The third-order valence-corrected chi connectivity index (χ3v) is 3.70. The Kier molecular flexibility index (Phi) is 6.66. The summed E-state index contributed by atoms with van der Waals surface area (Å²) in [5.74, 6) is 0.930. The second-order valence-electron chi connectivity index (χ2n) is 5.53. The summed E-state index contributed by atoms with van der Waals surface area (Å²) in [6, 6.07) is 10.7. The standard InChI is InChI=1S/C18H27N5/c1-4-16-7-9-17(10-8-16)15-22(3)18(19-5-2)20-12-14-23-13-6-11-21-23/h6-11,13H,4-5,12,14-15H2,1-3H3,(H,19,20). The fourth-order valence-electron chi connectivity index (χ4n) is 2.39. The summed E-state index contributed by atoms with van der Waals surface area (Å²) >= 11 is 0. The molecule has 2 rings (SSSR count). The van der Waals surface area contributed by atoms with Crippen molar-refractivity contribution in [1.29, 1.82) is 0 Å². The Labute approximate surface area is 139 Å². The van der Waals surface area contributed by atoms with Crippen molar-refractivity contribution in [3.05, 3.63) is 53.9 Å². The molecule has 0 fully saturated rings. The van der Waals surface area contributed by atoms with E-state index in [1.54, 1.807) is 6.20 Å². The summed E-state index contributed by atoms with van der Waals surface area (Å²) in [6.45, 7) is 7.48. The highest BCUT2D eigenvalue weighted by atomic mass is 15.3. The first-order valence-electron chi connectivity index (χ1n) is 8.27. The van der Waals surface area contributed by atoms with Gasteiger partial charge in [0.1, 0.15) is 0 Å². The fraction of sp³-hybridized carbons (Fsp3) is 0.444. The van der Waals surface area contributed by atoms with E-state index in [4.69, 9.17) is 0 Å². The molecule has 0 aliphatic heterocycles. The summed E-state index contributed by atoms with van der Waals surface area (Å²) in [5.41, 5.74) is 2.67. The van der Waals surface area contributed by atoms with E-state index in [0.29, 0.717) is 6.54 Å². The Bertz CT molecular complexity index is 586. The monoisotopic (exact) mass is 313 g/mol. The molecule has 5 heteroatoms. The Morgan fingerprint density at radius 1 is 1.22 bits per heavy atom. The summed E-state index contributed by atoms with van der Waals surface area (Å²) in [4.78, 5) is 6.85. The molecule has 1 heterocycles. The summed E-state index contributed by atoms with van der Waals surface area (Å²) in [6.07, 6.45) is 4.83. The van der Waals surface area contributed by atoms with Gasteiger partial charge in [0.15, 0.2) is 5.96 Å². The molecule has 23 heavy (non-hydrogen) atoms. The van der Waals surface area contributed by atoms with Crippen LogP contribution in [0.3, 0.4) is 0 Å². The van der Waals surface area contributed by atoms with Crippen LogP contribution in [0.2, 0.25) is 0 Å². The third-order valence-electron chi connectivity index (χ3n) is 3.70. The van der Waals surface area contributed by atoms with Crippen LogP contribution in [0.5, 0.6) is 0 Å². The van der Waals surface area contributed by atoms with Gasteiger partial charge in [-0.3, -0.25) is 9.67 Å². The molecule has 1 N–H and O–H groups in total. The minimum absolute atomic E-state index is 0.711. The van der Waals surface area contributed by atoms with E-state index in [1.807, 2.05) is 16.9 Å². The molecule has 0 spiro atoms. The van der Waals surface area contributed by atoms with Crippen LogP contribution in [0.25, 0.3) is 0 Å². The number of rotatable bonds is 7. The van der Waals surface area contributed by atoms with Crippen LogP contribution in [0.1, 0.15) is 25.0 Å². The molecule has 0 bridgehead atoms. The number of nitrogens with zero attached hydrogens (tertiary/aromatic N) is 4. The maximum absolute atomic E-state index is 4.69. The van der Waals surface area contributed by atoms with Crippen LogP contribution in [-0.2, 0) is 19.5 Å². The van der Waals surface area contributed by atoms with Gasteiger partial charge in [-0.25, -0.2) is 0 Å². The molecule has 0 saturated carbocycles. The Morgan fingerprint density at radius 2 is 1.96 bits per heavy atom. The smallest absolute Gasteiger partial charge is 0.194 e. The number of aryl methyl sites for hydroxylation is 1. The maximum Gasteiger partial charge on any atom is 0.194 e. The van der Waals surface area contributed by atoms with Gasteiger partial charge in [0.25, 0.3) is 0 Å². The predicted octanol–water partition coefficient (Wildman–Crippen LogP) is 2.54. The lowest BCUT2D eigenvalue weighted by atomic mass is 10.1. The lowest BCUT2D eigenvalue weighted by Crippen LogP contribution is -2.38. The highest BCUT2D eigenvalue weighted by Crippen LogP contribution is 2.07. The number of guanidine groups is 1. The van der Waals surface area contributed by atoms with Crippen molar-refractivity contribution >= 4 is 5.96 Å². The zero-order valence-electron chi connectivity index (χ0n) is 14.4. The number of hydrogen-bond acceptors (Lipinski definition) is 2. The van der Waals surface area contributed by atoms with Crippen LogP contribution in [-0.4, -0.2) is 40.8 Å². The van der Waals surface area contributed by atoms with Crippen molar-refractivity contribution in [1.82, 2.24) is 20.0 Å². The molecule has 124 valence electrons. The van der Waals surface area contributed by atoms with E-state index < -0.39 is 0 Å². The summed E-state index contributed by atoms with van der Waals surface area (Å²) in [5, 5.41) is 7.55. The van der Waals surface area contributed by atoms with E-state index >= 15 is 0 Å². The summed E-state index contributed by atoms with van der Waals surface area (Å²) < 4.78 is 1.90. The molecule has 1 aromatic heterocycles. The van der Waals surface area contributed by atoms with Crippen LogP contribution < -0.4 is 5.32 Å². The Balaban J connectivity index is 1.94. The van der Waals surface area contributed by atoms with Gasteiger partial charge >= 0.3 is 0 Å². The van der Waals surface area contributed by atoms with Crippen LogP contribution in [0.4, 0.5) is 0 Å². The molecule has 2 aromatic rings. The number of aliphatic imine (C=N–C) groups is 1. The number of aromatic nitrogens is 2. The van der Waals surface area contributed by atoms with Crippen molar-refractivity contribution in [2.75, 3.05) is 20.1 Å². The first-order chi connectivity index (χ1) is 11.2. The lowest BCUT2D eigenvalue weighted by molar-refractivity contribution is 0.474. The van der Waals surface area contributed by atoms with Gasteiger partial charge in [0.05, 0.1) is 13.1 Å². The quantitative estimate of drug-likeness (QED) is 0.631. The molecule has 5 nitrogen and oxygen atoms in total. The summed E-state index contributed by atoms with van der Waals surface area (Å²) in [7, 11) is 2.07. The average molecular weight is 313 g/mol. The molecule has 0 saturated heterocycles. The largest absolute Gasteiger partial charge is 0.357 e. The normalized spacial score (nSPS) is 11.5. The van der Waals surface area contributed by atoms with Gasteiger partial charge in [-0.1, -0.05) is 31.2 Å². The van der Waals surface area contributed by atoms with Gasteiger partial charge in [0, 0.05) is 32.5 Å². The van der Waals surface area contributed by atoms with Crippen LogP contribution in [0.15, 0.2) is 47.7 Å². The SMILES string of the molecule is CCNC(=NCCn1cccn1)N(C)Cc1ccc(CC)cc1.